The highest BCUT2D eigenvalue weighted by atomic mass is 32.1. The Bertz CT molecular complexity index is 354. The van der Waals surface area contributed by atoms with Crippen LogP contribution in [0.5, 0.6) is 0 Å². The first-order valence-corrected chi connectivity index (χ1v) is 6.49. The summed E-state index contributed by atoms with van der Waals surface area (Å²) in [6.45, 7) is 7.81. The first-order valence-electron chi connectivity index (χ1n) is 5.67. The van der Waals surface area contributed by atoms with E-state index in [1.807, 2.05) is 11.3 Å². The summed E-state index contributed by atoms with van der Waals surface area (Å²) in [5.74, 6) is 0.856. The Balaban J connectivity index is 1.88. The van der Waals surface area contributed by atoms with E-state index in [1.54, 1.807) is 0 Å². The van der Waals surface area contributed by atoms with Gasteiger partial charge >= 0.3 is 0 Å². The topological polar surface area (TPSA) is 28.2 Å². The third-order valence-corrected chi connectivity index (χ3v) is 4.82. The standard InChI is InChI=1S/C11H17N3S/c1-7-8(2)15-11(13-7)14-4-3-9-5-12-6-10(9)14/h9-10,12H,3-6H2,1-2H3/t9-,10+/m0/s1. The van der Waals surface area contributed by atoms with Crippen LogP contribution in [0.2, 0.25) is 0 Å². The number of fused-ring (bicyclic) bond motifs is 1. The van der Waals surface area contributed by atoms with E-state index in [0.29, 0.717) is 6.04 Å². The lowest BCUT2D eigenvalue weighted by molar-refractivity contribution is 0.578. The van der Waals surface area contributed by atoms with Crippen molar-refractivity contribution in [1.29, 1.82) is 0 Å². The van der Waals surface area contributed by atoms with Crippen molar-refractivity contribution < 1.29 is 0 Å². The molecule has 1 aromatic heterocycles. The fraction of sp³-hybridized carbons (Fsp3) is 0.727. The van der Waals surface area contributed by atoms with E-state index in [2.05, 4.69) is 29.0 Å². The maximum Gasteiger partial charge on any atom is 0.186 e. The maximum absolute atomic E-state index is 4.67. The van der Waals surface area contributed by atoms with Crippen LogP contribution in [0.15, 0.2) is 0 Å². The number of aryl methyl sites for hydroxylation is 2. The zero-order valence-electron chi connectivity index (χ0n) is 9.29. The molecule has 0 radical (unpaired) electrons. The monoisotopic (exact) mass is 223 g/mol. The molecule has 0 bridgehead atoms. The van der Waals surface area contributed by atoms with Crippen LogP contribution >= 0.6 is 11.3 Å². The summed E-state index contributed by atoms with van der Waals surface area (Å²) in [4.78, 5) is 8.54. The maximum atomic E-state index is 4.67. The quantitative estimate of drug-likeness (QED) is 0.783. The molecule has 1 N–H and O–H groups in total. The minimum absolute atomic E-state index is 0.704. The summed E-state index contributed by atoms with van der Waals surface area (Å²) in [6.07, 6.45) is 1.33. The Morgan fingerprint density at radius 1 is 1.40 bits per heavy atom. The van der Waals surface area contributed by atoms with E-state index in [4.69, 9.17) is 0 Å². The molecule has 0 unspecified atom stereocenters. The molecule has 2 fully saturated rings. The van der Waals surface area contributed by atoms with Gasteiger partial charge in [0.25, 0.3) is 0 Å². The number of hydrogen-bond acceptors (Lipinski definition) is 4. The number of anilines is 1. The van der Waals surface area contributed by atoms with Gasteiger partial charge in [-0.15, -0.1) is 11.3 Å². The van der Waals surface area contributed by atoms with Crippen LogP contribution in [0.25, 0.3) is 0 Å². The molecule has 1 aromatic rings. The SMILES string of the molecule is Cc1nc(N2CC[C@H]3CNC[C@H]32)sc1C. The lowest BCUT2D eigenvalue weighted by Crippen LogP contribution is -2.33. The molecule has 3 heterocycles. The molecule has 4 heteroatoms. The van der Waals surface area contributed by atoms with E-state index >= 15 is 0 Å². The van der Waals surface area contributed by atoms with Crippen LogP contribution in [0, 0.1) is 19.8 Å². The molecule has 15 heavy (non-hydrogen) atoms. The minimum atomic E-state index is 0.704. The number of aromatic nitrogens is 1. The lowest BCUT2D eigenvalue weighted by atomic mass is 10.1. The second-order valence-corrected chi connectivity index (χ2v) is 5.79. The summed E-state index contributed by atoms with van der Waals surface area (Å²) in [5.41, 5.74) is 1.20. The molecule has 2 aliphatic heterocycles. The highest BCUT2D eigenvalue weighted by molar-refractivity contribution is 7.15. The second-order valence-electron chi connectivity index (χ2n) is 4.61. The predicted molar refractivity (Wildman–Crippen MR) is 63.7 cm³/mol. The van der Waals surface area contributed by atoms with Crippen LogP contribution < -0.4 is 10.2 Å². The number of rotatable bonds is 1. The van der Waals surface area contributed by atoms with E-state index in [1.165, 1.54) is 35.2 Å². The average Bonchev–Trinajstić information content (AvgIpc) is 2.81. The molecule has 0 amide bonds. The van der Waals surface area contributed by atoms with Crippen molar-refractivity contribution in [2.45, 2.75) is 26.3 Å². The zero-order valence-corrected chi connectivity index (χ0v) is 10.1. The molecule has 2 atom stereocenters. The van der Waals surface area contributed by atoms with Crippen LogP contribution in [-0.2, 0) is 0 Å². The summed E-state index contributed by atoms with van der Waals surface area (Å²) >= 11 is 1.85. The molecule has 82 valence electrons. The molecule has 0 aliphatic carbocycles. The van der Waals surface area contributed by atoms with Gasteiger partial charge in [0.05, 0.1) is 5.69 Å². The number of nitrogens with one attached hydrogen (secondary N) is 1. The lowest BCUT2D eigenvalue weighted by Gasteiger charge is -2.22. The highest BCUT2D eigenvalue weighted by Crippen LogP contribution is 2.35. The molecule has 0 spiro atoms. The van der Waals surface area contributed by atoms with Crippen molar-refractivity contribution in [2.24, 2.45) is 5.92 Å². The Morgan fingerprint density at radius 2 is 2.27 bits per heavy atom. The van der Waals surface area contributed by atoms with Gasteiger partial charge in [-0.3, -0.25) is 0 Å². The highest BCUT2D eigenvalue weighted by Gasteiger charge is 2.38. The van der Waals surface area contributed by atoms with Gasteiger partial charge in [-0.05, 0) is 26.2 Å². The Kier molecular flexibility index (Phi) is 2.21. The van der Waals surface area contributed by atoms with Crippen molar-refractivity contribution in [1.82, 2.24) is 10.3 Å². The average molecular weight is 223 g/mol. The van der Waals surface area contributed by atoms with E-state index < -0.39 is 0 Å². The molecule has 2 aliphatic rings. The molecule has 3 rings (SSSR count). The fourth-order valence-electron chi connectivity index (χ4n) is 2.67. The molecule has 0 aromatic carbocycles. The number of thiazole rings is 1. The molecule has 0 saturated carbocycles. The van der Waals surface area contributed by atoms with E-state index in [9.17, 15) is 0 Å². The van der Waals surface area contributed by atoms with Crippen LogP contribution in [-0.4, -0.2) is 30.7 Å². The molecule has 2 saturated heterocycles. The normalized spacial score (nSPS) is 29.9. The van der Waals surface area contributed by atoms with Crippen LogP contribution in [0.4, 0.5) is 5.13 Å². The van der Waals surface area contributed by atoms with Gasteiger partial charge in [-0.1, -0.05) is 0 Å². The summed E-state index contributed by atoms with van der Waals surface area (Å²) in [7, 11) is 0. The van der Waals surface area contributed by atoms with Gasteiger partial charge < -0.3 is 10.2 Å². The molecular formula is C11H17N3S. The zero-order chi connectivity index (χ0) is 10.4. The second kappa shape index (κ2) is 3.46. The first-order chi connectivity index (χ1) is 7.25. The third kappa shape index (κ3) is 1.47. The van der Waals surface area contributed by atoms with Crippen molar-refractivity contribution in [3.8, 4) is 0 Å². The van der Waals surface area contributed by atoms with Crippen LogP contribution in [0.1, 0.15) is 17.0 Å². The predicted octanol–water partition coefficient (Wildman–Crippen LogP) is 1.56. The Morgan fingerprint density at radius 3 is 3.00 bits per heavy atom. The number of hydrogen-bond donors (Lipinski definition) is 1. The van der Waals surface area contributed by atoms with Gasteiger partial charge in [0.1, 0.15) is 0 Å². The van der Waals surface area contributed by atoms with Gasteiger partial charge in [0, 0.05) is 30.6 Å². The first kappa shape index (κ1) is 9.60. The van der Waals surface area contributed by atoms with E-state index in [0.717, 1.165) is 12.5 Å². The minimum Gasteiger partial charge on any atom is -0.343 e. The van der Waals surface area contributed by atoms with Gasteiger partial charge in [0.15, 0.2) is 5.13 Å². The van der Waals surface area contributed by atoms with Crippen molar-refractivity contribution in [2.75, 3.05) is 24.5 Å². The van der Waals surface area contributed by atoms with Crippen molar-refractivity contribution in [3.63, 3.8) is 0 Å². The number of nitrogens with zero attached hydrogens (tertiary/aromatic N) is 2. The van der Waals surface area contributed by atoms with Crippen LogP contribution in [0.3, 0.4) is 0 Å². The van der Waals surface area contributed by atoms with E-state index in [-0.39, 0.29) is 0 Å². The third-order valence-electron chi connectivity index (χ3n) is 3.71. The van der Waals surface area contributed by atoms with Gasteiger partial charge in [0.2, 0.25) is 0 Å². The van der Waals surface area contributed by atoms with Gasteiger partial charge in [-0.25, -0.2) is 4.98 Å². The molecule has 3 nitrogen and oxygen atoms in total. The Labute approximate surface area is 94.5 Å². The summed E-state index contributed by atoms with van der Waals surface area (Å²) in [6, 6.07) is 0.704. The van der Waals surface area contributed by atoms with Gasteiger partial charge in [-0.2, -0.15) is 0 Å². The fourth-order valence-corrected chi connectivity index (χ4v) is 3.66. The summed E-state index contributed by atoms with van der Waals surface area (Å²) < 4.78 is 0. The Hall–Kier alpha value is -0.610. The molecular weight excluding hydrogens is 206 g/mol. The smallest absolute Gasteiger partial charge is 0.186 e. The van der Waals surface area contributed by atoms with Crippen molar-refractivity contribution >= 4 is 16.5 Å². The summed E-state index contributed by atoms with van der Waals surface area (Å²) in [5, 5.41) is 4.72. The van der Waals surface area contributed by atoms with Crippen molar-refractivity contribution in [3.05, 3.63) is 10.6 Å². The largest absolute Gasteiger partial charge is 0.343 e.